The lowest BCUT2D eigenvalue weighted by Crippen LogP contribution is -2.57. The van der Waals surface area contributed by atoms with Gasteiger partial charge >= 0.3 is 0 Å². The Morgan fingerprint density at radius 3 is 2.73 bits per heavy atom. The predicted molar refractivity (Wildman–Crippen MR) is 159 cm³/mol. The summed E-state index contributed by atoms with van der Waals surface area (Å²) in [4.78, 5) is 12.0. The van der Waals surface area contributed by atoms with Crippen molar-refractivity contribution in [2.75, 3.05) is 20.2 Å². The Morgan fingerprint density at radius 2 is 2.00 bits per heavy atom. The summed E-state index contributed by atoms with van der Waals surface area (Å²) in [7, 11) is -2.32. The number of para-hydroxylation sites is 1. The zero-order chi connectivity index (χ0) is 28.0. The molecule has 0 spiro atoms. The summed E-state index contributed by atoms with van der Waals surface area (Å²) in [6.07, 6.45) is 5.82. The molecule has 7 rings (SSSR count). The van der Waals surface area contributed by atoms with Crippen LogP contribution in [0.15, 0.2) is 78.3 Å². The summed E-state index contributed by atoms with van der Waals surface area (Å²) in [5.74, 6) is 1.80. The van der Waals surface area contributed by atoms with Crippen molar-refractivity contribution in [3.8, 4) is 5.75 Å². The Kier molecular flexibility index (Phi) is 7.10. The van der Waals surface area contributed by atoms with Crippen molar-refractivity contribution in [3.63, 3.8) is 0 Å². The first-order valence-electron chi connectivity index (χ1n) is 14.0. The monoisotopic (exact) mass is 556 g/mol. The normalized spacial score (nSPS) is 23.5. The van der Waals surface area contributed by atoms with E-state index < -0.39 is 16.1 Å². The van der Waals surface area contributed by atoms with E-state index >= 15 is 0 Å². The molecule has 3 saturated heterocycles. The number of aromatic nitrogens is 2. The maximum Gasteiger partial charge on any atom is 0.243 e. The number of pyridine rings is 2. The van der Waals surface area contributed by atoms with Crippen LogP contribution in [0.2, 0.25) is 0 Å². The lowest BCUT2D eigenvalue weighted by atomic mass is 9.73. The molecular formula is C32H36N4O3S. The number of fused-ring (bicyclic) bond motifs is 5. The molecule has 5 heterocycles. The Bertz CT molecular complexity index is 1690. The van der Waals surface area contributed by atoms with Crippen LogP contribution in [-0.4, -0.2) is 49.5 Å². The van der Waals surface area contributed by atoms with Gasteiger partial charge in [0.15, 0.2) is 0 Å². The van der Waals surface area contributed by atoms with Crippen molar-refractivity contribution in [1.82, 2.24) is 19.6 Å². The number of benzene rings is 2. The van der Waals surface area contributed by atoms with Gasteiger partial charge in [-0.1, -0.05) is 38.1 Å². The minimum absolute atomic E-state index is 0.00399. The zero-order valence-corrected chi connectivity index (χ0v) is 24.1. The molecule has 3 fully saturated rings. The minimum Gasteiger partial charge on any atom is -0.497 e. The van der Waals surface area contributed by atoms with E-state index in [4.69, 9.17) is 9.72 Å². The molecule has 0 saturated carbocycles. The topological polar surface area (TPSA) is 84.4 Å². The smallest absolute Gasteiger partial charge is 0.243 e. The fourth-order valence-electron chi connectivity index (χ4n) is 6.52. The third kappa shape index (κ3) is 4.78. The molecule has 40 heavy (non-hydrogen) atoms. The average molecular weight is 557 g/mol. The van der Waals surface area contributed by atoms with Crippen LogP contribution in [0.3, 0.4) is 0 Å². The van der Waals surface area contributed by atoms with Crippen LogP contribution in [0.5, 0.6) is 5.75 Å². The number of hydrogen-bond donors (Lipinski definition) is 1. The van der Waals surface area contributed by atoms with Crippen molar-refractivity contribution in [2.45, 2.75) is 49.6 Å². The Hall–Kier alpha value is -3.33. The van der Waals surface area contributed by atoms with Gasteiger partial charge < -0.3 is 4.74 Å². The van der Waals surface area contributed by atoms with Crippen LogP contribution >= 0.6 is 0 Å². The molecule has 3 aliphatic rings. The van der Waals surface area contributed by atoms with Crippen LogP contribution in [0.1, 0.15) is 49.9 Å². The van der Waals surface area contributed by atoms with E-state index in [9.17, 15) is 8.42 Å². The SMILES string of the molecule is C=C[C@H]1CN2CC[C@H]1C[C@H]2[C@@H](NS(=O)(=O)c1cccc2ccc(C(C)C)nc12)c1ccnc2ccc(OC)cc12. The highest BCUT2D eigenvalue weighted by Gasteiger charge is 2.44. The largest absolute Gasteiger partial charge is 0.497 e. The summed E-state index contributed by atoms with van der Waals surface area (Å²) in [6, 6.07) is 16.5. The van der Waals surface area contributed by atoms with Crippen LogP contribution in [-0.2, 0) is 10.0 Å². The van der Waals surface area contributed by atoms with Gasteiger partial charge in [-0.3, -0.25) is 14.9 Å². The second-order valence-corrected chi connectivity index (χ2v) is 13.0. The summed E-state index contributed by atoms with van der Waals surface area (Å²) in [5, 5.41) is 1.69. The number of ether oxygens (including phenoxy) is 1. The molecule has 0 amide bonds. The number of hydrogen-bond acceptors (Lipinski definition) is 6. The molecule has 3 aliphatic heterocycles. The maximum absolute atomic E-state index is 14.3. The molecule has 2 bridgehead atoms. The summed E-state index contributed by atoms with van der Waals surface area (Å²) >= 11 is 0. The molecule has 7 nitrogen and oxygen atoms in total. The molecule has 5 atom stereocenters. The average Bonchev–Trinajstić information content (AvgIpc) is 2.98. The van der Waals surface area contributed by atoms with Gasteiger partial charge in [-0.25, -0.2) is 13.1 Å². The van der Waals surface area contributed by atoms with E-state index in [1.54, 1.807) is 25.4 Å². The van der Waals surface area contributed by atoms with E-state index in [0.717, 1.165) is 53.5 Å². The van der Waals surface area contributed by atoms with Crippen molar-refractivity contribution in [1.29, 1.82) is 0 Å². The van der Waals surface area contributed by atoms with Crippen LogP contribution in [0, 0.1) is 11.8 Å². The van der Waals surface area contributed by atoms with Gasteiger partial charge in [-0.05, 0) is 79.1 Å². The van der Waals surface area contributed by atoms with Crippen molar-refractivity contribution < 1.29 is 13.2 Å². The molecule has 8 heteroatoms. The first-order chi connectivity index (χ1) is 19.3. The second-order valence-electron chi connectivity index (χ2n) is 11.3. The van der Waals surface area contributed by atoms with Gasteiger partial charge in [0.25, 0.3) is 0 Å². The molecule has 1 N–H and O–H groups in total. The molecule has 208 valence electrons. The highest BCUT2D eigenvalue weighted by Crippen LogP contribution is 2.43. The van der Waals surface area contributed by atoms with E-state index in [1.807, 2.05) is 42.5 Å². The van der Waals surface area contributed by atoms with Gasteiger partial charge in [-0.15, -0.1) is 6.58 Å². The molecule has 4 aromatic rings. The van der Waals surface area contributed by atoms with Gasteiger partial charge in [0.2, 0.25) is 10.0 Å². The molecule has 1 unspecified atom stereocenters. The molecule has 2 aromatic heterocycles. The third-order valence-corrected chi connectivity index (χ3v) is 10.2. The van der Waals surface area contributed by atoms with Gasteiger partial charge in [-0.2, -0.15) is 0 Å². The maximum atomic E-state index is 14.3. The fourth-order valence-corrected chi connectivity index (χ4v) is 7.94. The molecule has 2 aromatic carbocycles. The van der Waals surface area contributed by atoms with Gasteiger partial charge in [0.05, 0.1) is 24.2 Å². The van der Waals surface area contributed by atoms with E-state index in [2.05, 4.69) is 41.1 Å². The van der Waals surface area contributed by atoms with Crippen molar-refractivity contribution >= 4 is 31.8 Å². The minimum atomic E-state index is -3.96. The number of nitrogens with zero attached hydrogens (tertiary/aromatic N) is 3. The number of piperidine rings is 3. The van der Waals surface area contributed by atoms with E-state index in [0.29, 0.717) is 23.1 Å². The van der Waals surface area contributed by atoms with Crippen molar-refractivity contribution in [3.05, 3.63) is 84.7 Å². The van der Waals surface area contributed by atoms with Gasteiger partial charge in [0.1, 0.15) is 10.6 Å². The number of nitrogens with one attached hydrogen (secondary N) is 1. The summed E-state index contributed by atoms with van der Waals surface area (Å²) in [6.45, 7) is 10.0. The van der Waals surface area contributed by atoms with E-state index in [-0.39, 0.29) is 16.9 Å². The van der Waals surface area contributed by atoms with Gasteiger partial charge in [0, 0.05) is 35.2 Å². The lowest BCUT2D eigenvalue weighted by Gasteiger charge is -2.51. The second kappa shape index (κ2) is 10.6. The zero-order valence-electron chi connectivity index (χ0n) is 23.2. The molecular weight excluding hydrogens is 520 g/mol. The Labute approximate surface area is 236 Å². The lowest BCUT2D eigenvalue weighted by molar-refractivity contribution is 0.00490. The first-order valence-corrected chi connectivity index (χ1v) is 15.5. The summed E-state index contributed by atoms with van der Waals surface area (Å²) < 4.78 is 37.3. The van der Waals surface area contributed by atoms with Crippen molar-refractivity contribution in [2.24, 2.45) is 11.8 Å². The third-order valence-electron chi connectivity index (χ3n) is 8.72. The van der Waals surface area contributed by atoms with Crippen LogP contribution in [0.25, 0.3) is 21.8 Å². The fraction of sp³-hybridized carbons (Fsp3) is 0.375. The Balaban J connectivity index is 1.49. The molecule has 0 radical (unpaired) electrons. The highest BCUT2D eigenvalue weighted by atomic mass is 32.2. The number of methoxy groups -OCH3 is 1. The number of sulfonamides is 1. The van der Waals surface area contributed by atoms with Crippen LogP contribution in [0.4, 0.5) is 0 Å². The number of rotatable bonds is 8. The first kappa shape index (κ1) is 26.9. The summed E-state index contributed by atoms with van der Waals surface area (Å²) in [5.41, 5.74) is 3.07. The van der Waals surface area contributed by atoms with E-state index in [1.165, 1.54) is 0 Å². The highest BCUT2D eigenvalue weighted by molar-refractivity contribution is 7.89. The quantitative estimate of drug-likeness (QED) is 0.275. The predicted octanol–water partition coefficient (Wildman–Crippen LogP) is 5.83. The molecule has 0 aliphatic carbocycles. The standard InChI is InChI=1S/C32H36N4O3S/c1-5-21-19-36-16-14-23(21)17-29(36)32(25-13-15-33-28-12-10-24(39-4)18-26(25)28)35-40(37,38)30-8-6-7-22-9-11-27(20(2)3)34-31(22)30/h5-13,15,18,20-21,23,29,32,35H,1,14,16-17,19H2,2-4H3/t21-,23-,29-,32-/m0/s1. The Morgan fingerprint density at radius 1 is 1.15 bits per heavy atom. The van der Waals surface area contributed by atoms with Crippen LogP contribution < -0.4 is 9.46 Å².